The summed E-state index contributed by atoms with van der Waals surface area (Å²) in [7, 11) is 0. The summed E-state index contributed by atoms with van der Waals surface area (Å²) < 4.78 is 10.4. The molecule has 3 rings (SSSR count). The van der Waals surface area contributed by atoms with E-state index in [4.69, 9.17) is 9.26 Å². The number of hydrogen-bond donors (Lipinski definition) is 0. The van der Waals surface area contributed by atoms with Gasteiger partial charge in [0.25, 0.3) is 6.20 Å². The van der Waals surface area contributed by atoms with Gasteiger partial charge in [0.2, 0.25) is 5.27 Å². The molecule has 22 heavy (non-hydrogen) atoms. The normalized spacial score (nSPS) is 21.3. The average molecular weight is 326 g/mol. The topological polar surface area (TPSA) is 77.8 Å². The predicted molar refractivity (Wildman–Crippen MR) is 81.9 cm³/mol. The molecule has 0 spiro atoms. The van der Waals surface area contributed by atoms with E-state index < -0.39 is 0 Å². The Kier molecular flexibility index (Phi) is 5.55. The number of aliphatic imine (C=N–C) groups is 1. The number of ether oxygens (including phenoxy) is 1. The molecule has 0 N–H and O–H groups in total. The number of hydrogen-bond acceptors (Lipinski definition) is 7. The van der Waals surface area contributed by atoms with Gasteiger partial charge < -0.3 is 9.84 Å². The molecule has 122 valence electrons. The van der Waals surface area contributed by atoms with Gasteiger partial charge in [0.15, 0.2) is 0 Å². The highest BCUT2D eigenvalue weighted by molar-refractivity contribution is 8.00. The highest BCUT2D eigenvalue weighted by Crippen LogP contribution is 2.28. The quantitative estimate of drug-likeness (QED) is 0.442. The Morgan fingerprint density at radius 2 is 2.14 bits per heavy atom. The molecule has 1 saturated carbocycles. The Bertz CT molecular complexity index is 496. The van der Waals surface area contributed by atoms with Crippen LogP contribution in [0.5, 0.6) is 0 Å². The minimum atomic E-state index is -0.152. The molecule has 2 aliphatic rings. The first-order valence-electron chi connectivity index (χ1n) is 7.89. The molecule has 1 aromatic heterocycles. The van der Waals surface area contributed by atoms with E-state index in [1.807, 2.05) is 5.01 Å². The Morgan fingerprint density at radius 1 is 1.36 bits per heavy atom. The number of rotatable bonds is 5. The summed E-state index contributed by atoms with van der Waals surface area (Å²) in [6.45, 7) is 2.84. The fourth-order valence-electron chi connectivity index (χ4n) is 2.75. The maximum absolute atomic E-state index is 11.9. The second kappa shape index (κ2) is 7.82. The van der Waals surface area contributed by atoms with Crippen LogP contribution in [0.1, 0.15) is 32.1 Å². The monoisotopic (exact) mass is 326 g/mol. The van der Waals surface area contributed by atoms with E-state index in [0.29, 0.717) is 24.2 Å². The number of thioether (sulfide) groups is 1. The molecule has 0 unspecified atom stereocenters. The molecule has 0 bridgehead atoms. The molecule has 1 aromatic rings. The van der Waals surface area contributed by atoms with Crippen LogP contribution in [-0.4, -0.2) is 48.5 Å². The number of morpholine rings is 1. The van der Waals surface area contributed by atoms with Crippen LogP contribution < -0.4 is 14.9 Å². The lowest BCUT2D eigenvalue weighted by molar-refractivity contribution is -0.759. The summed E-state index contributed by atoms with van der Waals surface area (Å²) in [5.41, 5.74) is 0. The first-order chi connectivity index (χ1) is 10.8. The van der Waals surface area contributed by atoms with Crippen LogP contribution >= 0.6 is 11.8 Å². The summed E-state index contributed by atoms with van der Waals surface area (Å²) in [6, 6.07) is 0. The summed E-state index contributed by atoms with van der Waals surface area (Å²) >= 11 is 1.72. The lowest BCUT2D eigenvalue weighted by Crippen LogP contribution is -2.62. The van der Waals surface area contributed by atoms with Crippen LogP contribution in [0, 0.1) is 0 Å². The lowest BCUT2D eigenvalue weighted by Gasteiger charge is -2.22. The van der Waals surface area contributed by atoms with Gasteiger partial charge in [-0.2, -0.15) is 11.8 Å². The zero-order valence-corrected chi connectivity index (χ0v) is 13.5. The zero-order chi connectivity index (χ0) is 15.2. The Balaban J connectivity index is 1.51. The third-order valence-corrected chi connectivity index (χ3v) is 5.31. The van der Waals surface area contributed by atoms with Crippen molar-refractivity contribution in [2.24, 2.45) is 4.99 Å². The Labute approximate surface area is 134 Å². The van der Waals surface area contributed by atoms with Crippen LogP contribution in [0.25, 0.3) is 0 Å². The minimum Gasteiger partial charge on any atom is -0.861 e. The molecule has 7 nitrogen and oxygen atoms in total. The summed E-state index contributed by atoms with van der Waals surface area (Å²) in [6.07, 6.45) is 7.98. The molecular weight excluding hydrogens is 304 g/mol. The molecule has 0 amide bonds. The first kappa shape index (κ1) is 15.6. The van der Waals surface area contributed by atoms with Gasteiger partial charge in [-0.25, -0.2) is 4.99 Å². The lowest BCUT2D eigenvalue weighted by atomic mass is 10.0. The van der Waals surface area contributed by atoms with E-state index in [0.717, 1.165) is 13.1 Å². The predicted octanol–water partition coefficient (Wildman–Crippen LogP) is 0.386. The molecule has 1 saturated heterocycles. The van der Waals surface area contributed by atoms with Crippen LogP contribution in [0.15, 0.2) is 15.7 Å². The number of aromatic nitrogens is 2. The van der Waals surface area contributed by atoms with E-state index in [1.165, 1.54) is 32.1 Å². The fourth-order valence-corrected chi connectivity index (χ4v) is 3.86. The molecule has 1 aliphatic carbocycles. The largest absolute Gasteiger partial charge is 0.861 e. The summed E-state index contributed by atoms with van der Waals surface area (Å²) in [5, 5.41) is 18.4. The van der Waals surface area contributed by atoms with Crippen molar-refractivity contribution in [2.75, 3.05) is 37.1 Å². The first-order valence-corrected chi connectivity index (χ1v) is 8.94. The van der Waals surface area contributed by atoms with E-state index in [1.54, 1.807) is 22.7 Å². The van der Waals surface area contributed by atoms with E-state index in [-0.39, 0.29) is 11.8 Å². The van der Waals surface area contributed by atoms with Gasteiger partial charge in [-0.1, -0.05) is 19.3 Å². The van der Waals surface area contributed by atoms with Gasteiger partial charge >= 0.3 is 5.88 Å². The van der Waals surface area contributed by atoms with E-state index >= 15 is 0 Å². The van der Waals surface area contributed by atoms with Crippen molar-refractivity contribution in [1.29, 1.82) is 0 Å². The van der Waals surface area contributed by atoms with Gasteiger partial charge in [-0.3, -0.25) is 4.52 Å². The minimum absolute atomic E-state index is 0.152. The van der Waals surface area contributed by atoms with Crippen molar-refractivity contribution in [2.45, 2.75) is 37.4 Å². The highest BCUT2D eigenvalue weighted by atomic mass is 32.2. The summed E-state index contributed by atoms with van der Waals surface area (Å²) in [4.78, 5) is 5.59. The fraction of sp³-hybridized carbons (Fsp3) is 0.786. The second-order valence-corrected chi connectivity index (χ2v) is 6.89. The second-order valence-electron chi connectivity index (χ2n) is 5.60. The van der Waals surface area contributed by atoms with Crippen molar-refractivity contribution < 1.29 is 19.2 Å². The van der Waals surface area contributed by atoms with E-state index in [9.17, 15) is 5.11 Å². The molecule has 8 heteroatoms. The number of nitrogens with zero attached hydrogens (tertiary/aromatic N) is 4. The molecular formula is C14H22N4O3S. The molecule has 1 aliphatic heterocycles. The van der Waals surface area contributed by atoms with Gasteiger partial charge in [0.05, 0.1) is 31.1 Å². The van der Waals surface area contributed by atoms with Crippen molar-refractivity contribution in [3.8, 4) is 0 Å². The van der Waals surface area contributed by atoms with Crippen LogP contribution in [-0.2, 0) is 4.74 Å². The average Bonchev–Trinajstić information content (AvgIpc) is 3.03. The van der Waals surface area contributed by atoms with Gasteiger partial charge in [0.1, 0.15) is 0 Å². The van der Waals surface area contributed by atoms with Crippen LogP contribution in [0.4, 0.5) is 5.88 Å². The van der Waals surface area contributed by atoms with Crippen molar-refractivity contribution in [3.63, 3.8) is 0 Å². The standard InChI is InChI=1S/C14H22N4O3S/c19-13(11-22-12-4-2-1-3-5-12)15-14-10-18(16-21-14)17-6-8-20-9-7-17/h10,12H,1-9,11H2. The van der Waals surface area contributed by atoms with Crippen LogP contribution in [0.2, 0.25) is 0 Å². The Hall–Kier alpha value is -1.28. The Morgan fingerprint density at radius 3 is 2.91 bits per heavy atom. The molecule has 0 radical (unpaired) electrons. The maximum Gasteiger partial charge on any atom is 0.324 e. The third-order valence-electron chi connectivity index (χ3n) is 3.95. The zero-order valence-electron chi connectivity index (χ0n) is 12.6. The van der Waals surface area contributed by atoms with Crippen molar-refractivity contribution >= 4 is 23.5 Å². The van der Waals surface area contributed by atoms with Gasteiger partial charge in [0, 0.05) is 11.0 Å². The SMILES string of the molecule is [O-]/C(CSC1CCCCC1)=N/c1c[n+](N2CCOCC2)no1. The summed E-state index contributed by atoms with van der Waals surface area (Å²) in [5.74, 6) is 0.532. The maximum atomic E-state index is 11.9. The smallest absolute Gasteiger partial charge is 0.324 e. The van der Waals surface area contributed by atoms with Crippen molar-refractivity contribution in [3.05, 3.63) is 6.20 Å². The molecule has 0 aromatic carbocycles. The van der Waals surface area contributed by atoms with Crippen LogP contribution in [0.3, 0.4) is 0 Å². The van der Waals surface area contributed by atoms with Gasteiger partial charge in [-0.15, -0.1) is 5.01 Å². The van der Waals surface area contributed by atoms with Crippen molar-refractivity contribution in [1.82, 2.24) is 5.27 Å². The molecule has 0 atom stereocenters. The van der Waals surface area contributed by atoms with Gasteiger partial charge in [-0.05, 0) is 18.7 Å². The third kappa shape index (κ3) is 4.36. The highest BCUT2D eigenvalue weighted by Gasteiger charge is 2.22. The molecule has 2 heterocycles. The molecule has 2 fully saturated rings. The van der Waals surface area contributed by atoms with E-state index in [2.05, 4.69) is 10.3 Å².